The van der Waals surface area contributed by atoms with Crippen molar-refractivity contribution in [3.63, 3.8) is 0 Å². The molecule has 0 bridgehead atoms. The summed E-state index contributed by atoms with van der Waals surface area (Å²) in [5, 5.41) is 6.28. The summed E-state index contributed by atoms with van der Waals surface area (Å²) < 4.78 is 13.0. The summed E-state index contributed by atoms with van der Waals surface area (Å²) in [6, 6.07) is 6.51. The van der Waals surface area contributed by atoms with E-state index in [2.05, 4.69) is 10.6 Å². The van der Waals surface area contributed by atoms with Crippen molar-refractivity contribution in [1.82, 2.24) is 15.5 Å². The second-order valence-electron chi connectivity index (χ2n) is 5.82. The van der Waals surface area contributed by atoms with Crippen LogP contribution in [0.15, 0.2) is 24.3 Å². The van der Waals surface area contributed by atoms with Gasteiger partial charge in [-0.05, 0) is 51.2 Å². The SMILES string of the molecule is CN(C)C(CNC(=O)C1CCCNC1)c1ccc(F)cc1.Cl.Cl. The highest BCUT2D eigenvalue weighted by Gasteiger charge is 2.22. The predicted molar refractivity (Wildman–Crippen MR) is 95.9 cm³/mol. The molecule has 2 atom stereocenters. The highest BCUT2D eigenvalue weighted by molar-refractivity contribution is 5.85. The van der Waals surface area contributed by atoms with Gasteiger partial charge in [0, 0.05) is 13.1 Å². The normalized spacial score (nSPS) is 18.5. The van der Waals surface area contributed by atoms with Crippen LogP contribution in [-0.2, 0) is 4.79 Å². The zero-order valence-electron chi connectivity index (χ0n) is 13.5. The Bertz CT molecular complexity index is 465. The molecule has 132 valence electrons. The largest absolute Gasteiger partial charge is 0.354 e. The molecular weight excluding hydrogens is 340 g/mol. The zero-order chi connectivity index (χ0) is 15.2. The maximum Gasteiger partial charge on any atom is 0.224 e. The quantitative estimate of drug-likeness (QED) is 0.841. The second-order valence-corrected chi connectivity index (χ2v) is 5.82. The first-order valence-corrected chi connectivity index (χ1v) is 7.48. The van der Waals surface area contributed by atoms with E-state index in [1.54, 1.807) is 12.1 Å². The highest BCUT2D eigenvalue weighted by atomic mass is 35.5. The topological polar surface area (TPSA) is 44.4 Å². The van der Waals surface area contributed by atoms with Crippen LogP contribution in [0.5, 0.6) is 0 Å². The van der Waals surface area contributed by atoms with E-state index in [1.807, 2.05) is 19.0 Å². The van der Waals surface area contributed by atoms with Crippen molar-refractivity contribution in [1.29, 1.82) is 0 Å². The van der Waals surface area contributed by atoms with Crippen LogP contribution in [0.1, 0.15) is 24.4 Å². The van der Waals surface area contributed by atoms with Crippen molar-refractivity contribution in [3.8, 4) is 0 Å². The van der Waals surface area contributed by atoms with Gasteiger partial charge in [-0.25, -0.2) is 4.39 Å². The second kappa shape index (κ2) is 10.8. The van der Waals surface area contributed by atoms with Crippen molar-refractivity contribution in [2.45, 2.75) is 18.9 Å². The number of nitrogens with zero attached hydrogens (tertiary/aromatic N) is 1. The Labute approximate surface area is 150 Å². The Morgan fingerprint density at radius 3 is 2.52 bits per heavy atom. The average Bonchev–Trinajstić information content (AvgIpc) is 2.49. The molecule has 1 fully saturated rings. The van der Waals surface area contributed by atoms with Gasteiger partial charge in [0.15, 0.2) is 0 Å². The average molecular weight is 366 g/mol. The van der Waals surface area contributed by atoms with Crippen molar-refractivity contribution in [2.24, 2.45) is 5.92 Å². The molecule has 7 heteroatoms. The molecule has 0 saturated carbocycles. The number of hydrogen-bond donors (Lipinski definition) is 2. The number of piperidine rings is 1. The van der Waals surface area contributed by atoms with E-state index in [0.717, 1.165) is 31.5 Å². The first-order valence-electron chi connectivity index (χ1n) is 7.48. The van der Waals surface area contributed by atoms with Crippen molar-refractivity contribution in [3.05, 3.63) is 35.6 Å². The number of likely N-dealkylation sites (N-methyl/N-ethyl adjacent to an activating group) is 1. The molecule has 23 heavy (non-hydrogen) atoms. The first kappa shape index (κ1) is 22.1. The molecule has 1 amide bonds. The van der Waals surface area contributed by atoms with E-state index in [4.69, 9.17) is 0 Å². The predicted octanol–water partition coefficient (Wildman–Crippen LogP) is 2.39. The lowest BCUT2D eigenvalue weighted by Crippen LogP contribution is -2.43. The summed E-state index contributed by atoms with van der Waals surface area (Å²) in [4.78, 5) is 14.2. The van der Waals surface area contributed by atoms with Gasteiger partial charge < -0.3 is 15.5 Å². The van der Waals surface area contributed by atoms with Crippen LogP contribution in [0.2, 0.25) is 0 Å². The van der Waals surface area contributed by atoms with Crippen LogP contribution in [-0.4, -0.2) is 44.5 Å². The molecule has 0 radical (unpaired) electrons. The molecular formula is C16H26Cl2FN3O. The molecule has 4 nitrogen and oxygen atoms in total. The standard InChI is InChI=1S/C16H24FN3O.2ClH/c1-20(2)15(12-5-7-14(17)8-6-12)11-19-16(21)13-4-3-9-18-10-13;;/h5-8,13,15,18H,3-4,9-11H2,1-2H3,(H,19,21);2*1H. The summed E-state index contributed by atoms with van der Waals surface area (Å²) in [5.41, 5.74) is 1.00. The molecule has 1 aliphatic heterocycles. The number of benzene rings is 1. The third-order valence-electron chi connectivity index (χ3n) is 4.02. The fourth-order valence-electron chi connectivity index (χ4n) is 2.70. The summed E-state index contributed by atoms with van der Waals surface area (Å²) in [6.45, 7) is 2.29. The van der Waals surface area contributed by atoms with Gasteiger partial charge in [-0.1, -0.05) is 12.1 Å². The van der Waals surface area contributed by atoms with Crippen molar-refractivity contribution >= 4 is 30.7 Å². The van der Waals surface area contributed by atoms with E-state index in [9.17, 15) is 9.18 Å². The lowest BCUT2D eigenvalue weighted by molar-refractivity contribution is -0.125. The molecule has 1 heterocycles. The van der Waals surface area contributed by atoms with Crippen LogP contribution >= 0.6 is 24.8 Å². The van der Waals surface area contributed by atoms with E-state index in [1.165, 1.54) is 12.1 Å². The molecule has 1 aromatic carbocycles. The van der Waals surface area contributed by atoms with E-state index in [0.29, 0.717) is 6.54 Å². The molecule has 2 unspecified atom stereocenters. The van der Waals surface area contributed by atoms with Crippen LogP contribution in [0, 0.1) is 11.7 Å². The van der Waals surface area contributed by atoms with Gasteiger partial charge >= 0.3 is 0 Å². The van der Waals surface area contributed by atoms with Gasteiger partial charge in [0.25, 0.3) is 0 Å². The minimum Gasteiger partial charge on any atom is -0.354 e. The van der Waals surface area contributed by atoms with Gasteiger partial charge in [0.1, 0.15) is 5.82 Å². The van der Waals surface area contributed by atoms with Crippen LogP contribution in [0.25, 0.3) is 0 Å². The molecule has 0 spiro atoms. The Morgan fingerprint density at radius 1 is 1.35 bits per heavy atom. The number of rotatable bonds is 5. The monoisotopic (exact) mass is 365 g/mol. The molecule has 0 aliphatic carbocycles. The van der Waals surface area contributed by atoms with E-state index < -0.39 is 0 Å². The Balaban J connectivity index is 0.00000242. The number of amides is 1. The van der Waals surface area contributed by atoms with Crippen LogP contribution < -0.4 is 10.6 Å². The molecule has 1 aliphatic rings. The van der Waals surface area contributed by atoms with Crippen LogP contribution in [0.4, 0.5) is 4.39 Å². The fourth-order valence-corrected chi connectivity index (χ4v) is 2.70. The molecule has 2 N–H and O–H groups in total. The van der Waals surface area contributed by atoms with Crippen molar-refractivity contribution in [2.75, 3.05) is 33.7 Å². The van der Waals surface area contributed by atoms with Crippen LogP contribution in [0.3, 0.4) is 0 Å². The molecule has 1 saturated heterocycles. The lowest BCUT2D eigenvalue weighted by Gasteiger charge is -2.27. The molecule has 1 aromatic rings. The maximum atomic E-state index is 13.0. The van der Waals surface area contributed by atoms with Gasteiger partial charge in [0.2, 0.25) is 5.91 Å². The summed E-state index contributed by atoms with van der Waals surface area (Å²) >= 11 is 0. The minimum atomic E-state index is -0.242. The molecule has 0 aromatic heterocycles. The number of nitrogens with one attached hydrogen (secondary N) is 2. The summed E-state index contributed by atoms with van der Waals surface area (Å²) in [5.74, 6) is -0.0699. The third kappa shape index (κ3) is 6.63. The minimum absolute atomic E-state index is 0. The first-order chi connectivity index (χ1) is 10.1. The number of carbonyl (C=O) groups is 1. The molecule has 2 rings (SSSR count). The van der Waals surface area contributed by atoms with Gasteiger partial charge in [-0.3, -0.25) is 4.79 Å². The Morgan fingerprint density at radius 2 is 2.00 bits per heavy atom. The summed E-state index contributed by atoms with van der Waals surface area (Å²) in [7, 11) is 3.92. The maximum absolute atomic E-state index is 13.0. The number of carbonyl (C=O) groups excluding carboxylic acids is 1. The number of halogens is 3. The smallest absolute Gasteiger partial charge is 0.224 e. The van der Waals surface area contributed by atoms with Crippen molar-refractivity contribution < 1.29 is 9.18 Å². The van der Waals surface area contributed by atoms with E-state index >= 15 is 0 Å². The summed E-state index contributed by atoms with van der Waals surface area (Å²) in [6.07, 6.45) is 2.00. The van der Waals surface area contributed by atoms with Gasteiger partial charge in [0.05, 0.1) is 12.0 Å². The highest BCUT2D eigenvalue weighted by Crippen LogP contribution is 2.18. The Kier molecular flexibility index (Phi) is 10.4. The zero-order valence-corrected chi connectivity index (χ0v) is 15.2. The Hall–Kier alpha value is -0.880. The van der Waals surface area contributed by atoms with Gasteiger partial charge in [-0.15, -0.1) is 24.8 Å². The van der Waals surface area contributed by atoms with Gasteiger partial charge in [-0.2, -0.15) is 0 Å². The fraction of sp³-hybridized carbons (Fsp3) is 0.562. The lowest BCUT2D eigenvalue weighted by atomic mass is 9.98. The van der Waals surface area contributed by atoms with E-state index in [-0.39, 0.29) is 48.5 Å². The third-order valence-corrected chi connectivity index (χ3v) is 4.02. The number of hydrogen-bond acceptors (Lipinski definition) is 3.